The summed E-state index contributed by atoms with van der Waals surface area (Å²) in [6.45, 7) is 1.97. The van der Waals surface area contributed by atoms with E-state index in [1.807, 2.05) is 43.3 Å². The van der Waals surface area contributed by atoms with Crippen LogP contribution in [0.1, 0.15) is 41.5 Å². The Morgan fingerprint density at radius 1 is 1.14 bits per heavy atom. The Morgan fingerprint density at radius 3 is 2.38 bits per heavy atom. The van der Waals surface area contributed by atoms with Gasteiger partial charge in [0.1, 0.15) is 0 Å². The van der Waals surface area contributed by atoms with Gasteiger partial charge in [-0.15, -0.1) is 0 Å². The Hall–Kier alpha value is -2.29. The molecule has 1 atom stereocenters. The molecule has 0 saturated heterocycles. The molecule has 3 heteroatoms. The molecule has 1 aliphatic carbocycles. The van der Waals surface area contributed by atoms with Gasteiger partial charge in [0, 0.05) is 5.69 Å². The lowest BCUT2D eigenvalue weighted by Gasteiger charge is -2.18. The second kappa shape index (κ2) is 5.60. The molecule has 3 nitrogen and oxygen atoms in total. The van der Waals surface area contributed by atoms with Gasteiger partial charge in [-0.05, 0) is 48.4 Å². The summed E-state index contributed by atoms with van der Waals surface area (Å²) in [4.78, 5) is 11.6. The molecule has 0 aliphatic heterocycles. The normalized spacial score (nSPS) is 15.5. The molecule has 0 amide bonds. The summed E-state index contributed by atoms with van der Waals surface area (Å²) >= 11 is 0. The molecule has 1 unspecified atom stereocenters. The number of hydrogen-bond acceptors (Lipinski definition) is 2. The van der Waals surface area contributed by atoms with Crippen LogP contribution >= 0.6 is 0 Å². The lowest BCUT2D eigenvalue weighted by Crippen LogP contribution is -2.20. The van der Waals surface area contributed by atoms with Gasteiger partial charge in [-0.1, -0.05) is 42.5 Å². The van der Waals surface area contributed by atoms with E-state index in [0.29, 0.717) is 5.92 Å². The molecule has 2 N–H and O–H groups in total. The van der Waals surface area contributed by atoms with E-state index >= 15 is 0 Å². The quantitative estimate of drug-likeness (QED) is 0.867. The van der Waals surface area contributed by atoms with Crippen molar-refractivity contribution in [3.8, 4) is 0 Å². The van der Waals surface area contributed by atoms with E-state index in [0.717, 1.165) is 16.8 Å². The van der Waals surface area contributed by atoms with Gasteiger partial charge < -0.3 is 10.4 Å². The first-order valence-electron chi connectivity index (χ1n) is 7.30. The van der Waals surface area contributed by atoms with Crippen molar-refractivity contribution < 1.29 is 9.90 Å². The van der Waals surface area contributed by atoms with Gasteiger partial charge in [0.25, 0.3) is 0 Å². The molecular weight excluding hydrogens is 262 g/mol. The number of aliphatic carboxylic acids is 1. The third kappa shape index (κ3) is 3.07. The number of benzene rings is 2. The highest BCUT2D eigenvalue weighted by molar-refractivity contribution is 5.79. The van der Waals surface area contributed by atoms with Crippen molar-refractivity contribution in [2.75, 3.05) is 5.32 Å². The highest BCUT2D eigenvalue weighted by atomic mass is 16.4. The second-order valence-corrected chi connectivity index (χ2v) is 5.67. The number of para-hydroxylation sites is 1. The second-order valence-electron chi connectivity index (χ2n) is 5.67. The average molecular weight is 281 g/mol. The molecule has 0 spiro atoms. The van der Waals surface area contributed by atoms with Gasteiger partial charge in [-0.3, -0.25) is 0 Å². The Labute approximate surface area is 124 Å². The van der Waals surface area contributed by atoms with Crippen LogP contribution in [0, 0.1) is 6.92 Å². The SMILES string of the molecule is Cc1ccccc1NC(C(=O)O)c1ccc(C2CC2)cc1. The van der Waals surface area contributed by atoms with Crippen LogP contribution in [0.4, 0.5) is 5.69 Å². The molecule has 1 saturated carbocycles. The number of aryl methyl sites for hydroxylation is 1. The van der Waals surface area contributed by atoms with Crippen LogP contribution in [0.15, 0.2) is 48.5 Å². The minimum Gasteiger partial charge on any atom is -0.479 e. The summed E-state index contributed by atoms with van der Waals surface area (Å²) in [6, 6.07) is 15.0. The monoisotopic (exact) mass is 281 g/mol. The Kier molecular flexibility index (Phi) is 3.65. The van der Waals surface area contributed by atoms with E-state index in [1.54, 1.807) is 0 Å². The molecule has 0 radical (unpaired) electrons. The molecule has 21 heavy (non-hydrogen) atoms. The predicted molar refractivity (Wildman–Crippen MR) is 83.6 cm³/mol. The van der Waals surface area contributed by atoms with Gasteiger partial charge in [-0.25, -0.2) is 4.79 Å². The number of carboxylic acids is 1. The highest BCUT2D eigenvalue weighted by Gasteiger charge is 2.25. The van der Waals surface area contributed by atoms with E-state index in [4.69, 9.17) is 0 Å². The van der Waals surface area contributed by atoms with Gasteiger partial charge in [0.15, 0.2) is 6.04 Å². The van der Waals surface area contributed by atoms with E-state index < -0.39 is 12.0 Å². The Morgan fingerprint density at radius 2 is 1.81 bits per heavy atom. The van der Waals surface area contributed by atoms with Crippen molar-refractivity contribution in [1.82, 2.24) is 0 Å². The fourth-order valence-corrected chi connectivity index (χ4v) is 2.56. The van der Waals surface area contributed by atoms with E-state index in [2.05, 4.69) is 17.4 Å². The summed E-state index contributed by atoms with van der Waals surface area (Å²) in [6.07, 6.45) is 2.51. The van der Waals surface area contributed by atoms with Crippen molar-refractivity contribution >= 4 is 11.7 Å². The molecule has 1 aliphatic rings. The first kappa shape index (κ1) is 13.7. The highest BCUT2D eigenvalue weighted by Crippen LogP contribution is 2.40. The van der Waals surface area contributed by atoms with Crippen molar-refractivity contribution in [1.29, 1.82) is 0 Å². The first-order valence-corrected chi connectivity index (χ1v) is 7.30. The van der Waals surface area contributed by atoms with Crippen LogP contribution in [-0.4, -0.2) is 11.1 Å². The van der Waals surface area contributed by atoms with Crippen molar-refractivity contribution in [2.24, 2.45) is 0 Å². The summed E-state index contributed by atoms with van der Waals surface area (Å²) in [5, 5.41) is 12.6. The zero-order valence-electron chi connectivity index (χ0n) is 12.0. The molecule has 0 bridgehead atoms. The van der Waals surface area contributed by atoms with Crippen LogP contribution < -0.4 is 5.32 Å². The third-order valence-electron chi connectivity index (χ3n) is 4.01. The smallest absolute Gasteiger partial charge is 0.330 e. The van der Waals surface area contributed by atoms with Crippen molar-refractivity contribution in [2.45, 2.75) is 31.7 Å². The van der Waals surface area contributed by atoms with Gasteiger partial charge in [0.2, 0.25) is 0 Å². The number of anilines is 1. The zero-order chi connectivity index (χ0) is 14.8. The number of nitrogens with one attached hydrogen (secondary N) is 1. The minimum atomic E-state index is -0.863. The topological polar surface area (TPSA) is 49.3 Å². The van der Waals surface area contributed by atoms with E-state index in [-0.39, 0.29) is 0 Å². The zero-order valence-corrected chi connectivity index (χ0v) is 12.0. The number of carboxylic acid groups (broad SMARTS) is 1. The Balaban J connectivity index is 1.83. The summed E-state index contributed by atoms with van der Waals surface area (Å²) < 4.78 is 0. The molecule has 2 aromatic carbocycles. The molecule has 2 aromatic rings. The van der Waals surface area contributed by atoms with Crippen LogP contribution in [-0.2, 0) is 4.79 Å². The van der Waals surface area contributed by atoms with Crippen LogP contribution in [0.25, 0.3) is 0 Å². The van der Waals surface area contributed by atoms with Crippen LogP contribution in [0.5, 0.6) is 0 Å². The number of rotatable bonds is 5. The average Bonchev–Trinajstić information content (AvgIpc) is 3.31. The van der Waals surface area contributed by atoms with Gasteiger partial charge >= 0.3 is 5.97 Å². The van der Waals surface area contributed by atoms with E-state index in [9.17, 15) is 9.90 Å². The van der Waals surface area contributed by atoms with Gasteiger partial charge in [-0.2, -0.15) is 0 Å². The molecular formula is C18H19NO2. The first-order chi connectivity index (χ1) is 10.1. The molecule has 1 fully saturated rings. The molecule has 3 rings (SSSR count). The maximum absolute atomic E-state index is 11.6. The van der Waals surface area contributed by atoms with E-state index in [1.165, 1.54) is 18.4 Å². The van der Waals surface area contributed by atoms with Crippen molar-refractivity contribution in [3.05, 3.63) is 65.2 Å². The maximum Gasteiger partial charge on any atom is 0.330 e. The maximum atomic E-state index is 11.6. The summed E-state index contributed by atoms with van der Waals surface area (Å²) in [7, 11) is 0. The number of hydrogen-bond donors (Lipinski definition) is 2. The third-order valence-corrected chi connectivity index (χ3v) is 4.01. The van der Waals surface area contributed by atoms with Gasteiger partial charge in [0.05, 0.1) is 0 Å². The lowest BCUT2D eigenvalue weighted by atomic mass is 10.0. The predicted octanol–water partition coefficient (Wildman–Crippen LogP) is 4.11. The number of carbonyl (C=O) groups is 1. The van der Waals surface area contributed by atoms with Crippen LogP contribution in [0.3, 0.4) is 0 Å². The molecule has 0 aromatic heterocycles. The van der Waals surface area contributed by atoms with Crippen LogP contribution in [0.2, 0.25) is 0 Å². The largest absolute Gasteiger partial charge is 0.479 e. The standard InChI is InChI=1S/C18H19NO2/c1-12-4-2-3-5-16(12)19-17(18(20)21)15-10-8-14(9-11-15)13-6-7-13/h2-5,8-11,13,17,19H,6-7H2,1H3,(H,20,21). The molecule has 0 heterocycles. The fraction of sp³-hybridized carbons (Fsp3) is 0.278. The lowest BCUT2D eigenvalue weighted by molar-refractivity contribution is -0.138. The fourth-order valence-electron chi connectivity index (χ4n) is 2.56. The molecule has 108 valence electrons. The summed E-state index contributed by atoms with van der Waals surface area (Å²) in [5.74, 6) is -0.177. The Bertz CT molecular complexity index is 645. The minimum absolute atomic E-state index is 0.687. The summed E-state index contributed by atoms with van der Waals surface area (Å²) in [5.41, 5.74) is 4.00. The van der Waals surface area contributed by atoms with Crippen molar-refractivity contribution in [3.63, 3.8) is 0 Å².